The van der Waals surface area contributed by atoms with Crippen molar-refractivity contribution in [3.63, 3.8) is 0 Å². The average Bonchev–Trinajstić information content (AvgIpc) is 2.36. The van der Waals surface area contributed by atoms with Crippen molar-refractivity contribution in [2.45, 2.75) is 13.3 Å². The van der Waals surface area contributed by atoms with Gasteiger partial charge in [-0.2, -0.15) is 0 Å². The number of ether oxygens (including phenoxy) is 1. The Hall–Kier alpha value is -1.07. The molecule has 0 heterocycles. The number of hydrogen-bond acceptors (Lipinski definition) is 3. The fraction of sp³-hybridized carbons (Fsp3) is 0.462. The molecule has 1 aromatic carbocycles. The van der Waals surface area contributed by atoms with Crippen LogP contribution in [0.4, 0.5) is 0 Å². The van der Waals surface area contributed by atoms with Crippen molar-refractivity contribution in [2.75, 3.05) is 25.1 Å². The summed E-state index contributed by atoms with van der Waals surface area (Å²) in [4.78, 5) is 11.8. The SMILES string of the molecule is Cc1ccc(O)c(C(=O)NCCCOCCBr)c1. The highest BCUT2D eigenvalue weighted by Crippen LogP contribution is 2.17. The van der Waals surface area contributed by atoms with Gasteiger partial charge in [-0.3, -0.25) is 4.79 Å². The van der Waals surface area contributed by atoms with Crippen LogP contribution in [-0.2, 0) is 4.74 Å². The van der Waals surface area contributed by atoms with Crippen LogP contribution in [0.15, 0.2) is 18.2 Å². The van der Waals surface area contributed by atoms with E-state index in [-0.39, 0.29) is 11.7 Å². The molecular weight excluding hydrogens is 298 g/mol. The first kappa shape index (κ1) is 15.0. The van der Waals surface area contributed by atoms with Crippen molar-refractivity contribution in [3.05, 3.63) is 29.3 Å². The van der Waals surface area contributed by atoms with E-state index in [4.69, 9.17) is 4.74 Å². The van der Waals surface area contributed by atoms with Crippen LogP contribution < -0.4 is 5.32 Å². The molecule has 0 radical (unpaired) electrons. The first-order chi connectivity index (χ1) is 8.65. The Morgan fingerprint density at radius 3 is 2.94 bits per heavy atom. The number of benzene rings is 1. The van der Waals surface area contributed by atoms with Gasteiger partial charge in [0, 0.05) is 18.5 Å². The Kier molecular flexibility index (Phi) is 6.75. The van der Waals surface area contributed by atoms with Crippen molar-refractivity contribution in [1.29, 1.82) is 0 Å². The van der Waals surface area contributed by atoms with Crippen molar-refractivity contribution < 1.29 is 14.6 Å². The van der Waals surface area contributed by atoms with Gasteiger partial charge in [-0.1, -0.05) is 27.6 Å². The van der Waals surface area contributed by atoms with Crippen LogP contribution in [0.2, 0.25) is 0 Å². The highest BCUT2D eigenvalue weighted by Gasteiger charge is 2.10. The predicted molar refractivity (Wildman–Crippen MR) is 74.4 cm³/mol. The molecule has 1 aromatic rings. The number of carbonyl (C=O) groups excluding carboxylic acids is 1. The number of aromatic hydroxyl groups is 1. The molecule has 4 nitrogen and oxygen atoms in total. The number of phenols is 1. The maximum Gasteiger partial charge on any atom is 0.255 e. The quantitative estimate of drug-likeness (QED) is 0.599. The average molecular weight is 316 g/mol. The van der Waals surface area contributed by atoms with Crippen LogP contribution in [0.3, 0.4) is 0 Å². The zero-order valence-corrected chi connectivity index (χ0v) is 12.0. The van der Waals surface area contributed by atoms with E-state index in [1.54, 1.807) is 12.1 Å². The van der Waals surface area contributed by atoms with Crippen LogP contribution in [0.25, 0.3) is 0 Å². The molecule has 100 valence electrons. The number of amides is 1. The van der Waals surface area contributed by atoms with Gasteiger partial charge in [0.1, 0.15) is 5.75 Å². The Bertz CT molecular complexity index is 396. The monoisotopic (exact) mass is 315 g/mol. The van der Waals surface area contributed by atoms with Crippen LogP contribution in [0.1, 0.15) is 22.3 Å². The molecule has 0 fully saturated rings. The van der Waals surface area contributed by atoms with Gasteiger partial charge in [0.2, 0.25) is 0 Å². The molecule has 0 aliphatic rings. The topological polar surface area (TPSA) is 58.6 Å². The standard InChI is InChI=1S/C13H18BrNO3/c1-10-3-4-12(16)11(9-10)13(17)15-6-2-7-18-8-5-14/h3-4,9,16H,2,5-8H2,1H3,(H,15,17). The third-order valence-corrected chi connectivity index (χ3v) is 2.69. The van der Waals surface area contributed by atoms with E-state index in [2.05, 4.69) is 21.2 Å². The van der Waals surface area contributed by atoms with Crippen molar-refractivity contribution >= 4 is 21.8 Å². The van der Waals surface area contributed by atoms with E-state index in [9.17, 15) is 9.90 Å². The molecule has 18 heavy (non-hydrogen) atoms. The zero-order chi connectivity index (χ0) is 13.4. The lowest BCUT2D eigenvalue weighted by Gasteiger charge is -2.07. The van der Waals surface area contributed by atoms with Crippen LogP contribution in [0.5, 0.6) is 5.75 Å². The van der Waals surface area contributed by atoms with Crippen molar-refractivity contribution in [3.8, 4) is 5.75 Å². The Morgan fingerprint density at radius 1 is 1.44 bits per heavy atom. The summed E-state index contributed by atoms with van der Waals surface area (Å²) >= 11 is 3.26. The molecule has 0 saturated carbocycles. The van der Waals surface area contributed by atoms with Gasteiger partial charge in [0.15, 0.2) is 0 Å². The minimum absolute atomic E-state index is 0.00800. The Morgan fingerprint density at radius 2 is 2.22 bits per heavy atom. The molecular formula is C13H18BrNO3. The summed E-state index contributed by atoms with van der Waals surface area (Å²) in [6, 6.07) is 4.97. The van der Waals surface area contributed by atoms with Crippen LogP contribution in [0, 0.1) is 6.92 Å². The van der Waals surface area contributed by atoms with Gasteiger partial charge in [-0.05, 0) is 25.5 Å². The maximum atomic E-state index is 11.8. The summed E-state index contributed by atoms with van der Waals surface area (Å²) in [6.45, 7) is 3.71. The summed E-state index contributed by atoms with van der Waals surface area (Å²) in [5.74, 6) is -0.245. The summed E-state index contributed by atoms with van der Waals surface area (Å²) in [5, 5.41) is 13.2. The summed E-state index contributed by atoms with van der Waals surface area (Å²) in [7, 11) is 0. The second-order valence-electron chi connectivity index (χ2n) is 3.93. The molecule has 1 amide bonds. The normalized spacial score (nSPS) is 10.3. The van der Waals surface area contributed by atoms with E-state index < -0.39 is 0 Å². The number of rotatable bonds is 7. The molecule has 2 N–H and O–H groups in total. The number of alkyl halides is 1. The molecule has 0 aliphatic carbocycles. The minimum Gasteiger partial charge on any atom is -0.507 e. The zero-order valence-electron chi connectivity index (χ0n) is 10.4. The number of halogens is 1. The lowest BCUT2D eigenvalue weighted by molar-refractivity contribution is 0.0942. The van der Waals surface area contributed by atoms with Gasteiger partial charge in [-0.25, -0.2) is 0 Å². The first-order valence-corrected chi connectivity index (χ1v) is 6.99. The van der Waals surface area contributed by atoms with E-state index in [1.807, 2.05) is 6.92 Å². The number of carbonyl (C=O) groups is 1. The molecule has 0 aliphatic heterocycles. The third kappa shape index (κ3) is 5.06. The lowest BCUT2D eigenvalue weighted by Crippen LogP contribution is -2.25. The fourth-order valence-electron chi connectivity index (χ4n) is 1.46. The highest BCUT2D eigenvalue weighted by atomic mass is 79.9. The van der Waals surface area contributed by atoms with E-state index in [0.29, 0.717) is 25.3 Å². The molecule has 0 unspecified atom stereocenters. The van der Waals surface area contributed by atoms with E-state index >= 15 is 0 Å². The first-order valence-electron chi connectivity index (χ1n) is 5.86. The molecule has 0 aromatic heterocycles. The molecule has 0 bridgehead atoms. The molecule has 1 rings (SSSR count). The second kappa shape index (κ2) is 8.11. The number of nitrogens with one attached hydrogen (secondary N) is 1. The number of hydrogen-bond donors (Lipinski definition) is 2. The van der Waals surface area contributed by atoms with Gasteiger partial charge in [-0.15, -0.1) is 0 Å². The number of phenolic OH excluding ortho intramolecular Hbond substituents is 1. The van der Waals surface area contributed by atoms with Crippen LogP contribution in [-0.4, -0.2) is 36.1 Å². The smallest absolute Gasteiger partial charge is 0.255 e. The van der Waals surface area contributed by atoms with E-state index in [0.717, 1.165) is 17.3 Å². The van der Waals surface area contributed by atoms with Gasteiger partial charge in [0.25, 0.3) is 5.91 Å². The molecule has 0 spiro atoms. The fourth-order valence-corrected chi connectivity index (χ4v) is 1.69. The minimum atomic E-state index is -0.253. The predicted octanol–water partition coefficient (Wildman–Crippen LogP) is 2.23. The summed E-state index contributed by atoms with van der Waals surface area (Å²) < 4.78 is 5.27. The summed E-state index contributed by atoms with van der Waals surface area (Å²) in [6.07, 6.45) is 0.755. The Balaban J connectivity index is 2.34. The summed E-state index contributed by atoms with van der Waals surface area (Å²) in [5.41, 5.74) is 1.26. The van der Waals surface area contributed by atoms with Crippen molar-refractivity contribution in [2.24, 2.45) is 0 Å². The van der Waals surface area contributed by atoms with Gasteiger partial charge < -0.3 is 15.2 Å². The largest absolute Gasteiger partial charge is 0.507 e. The molecule has 5 heteroatoms. The van der Waals surface area contributed by atoms with Crippen LogP contribution >= 0.6 is 15.9 Å². The number of aryl methyl sites for hydroxylation is 1. The Labute approximate surface area is 115 Å². The van der Waals surface area contributed by atoms with E-state index in [1.165, 1.54) is 6.07 Å². The molecule has 0 atom stereocenters. The maximum absolute atomic E-state index is 11.8. The van der Waals surface area contributed by atoms with Gasteiger partial charge >= 0.3 is 0 Å². The van der Waals surface area contributed by atoms with Crippen molar-refractivity contribution in [1.82, 2.24) is 5.32 Å². The van der Waals surface area contributed by atoms with Gasteiger partial charge in [0.05, 0.1) is 12.2 Å². The molecule has 0 saturated heterocycles. The third-order valence-electron chi connectivity index (χ3n) is 2.37. The highest BCUT2D eigenvalue weighted by molar-refractivity contribution is 9.09. The second-order valence-corrected chi connectivity index (χ2v) is 4.72. The lowest BCUT2D eigenvalue weighted by atomic mass is 10.1.